The van der Waals surface area contributed by atoms with E-state index in [4.69, 9.17) is 9.47 Å². The molecule has 4 N–H and O–H groups in total. The fourth-order valence-electron chi connectivity index (χ4n) is 4.09. The lowest BCUT2D eigenvalue weighted by Gasteiger charge is -2.41. The molecule has 150 valence electrons. The van der Waals surface area contributed by atoms with Crippen LogP contribution in [0.4, 0.5) is 0 Å². The molecule has 1 aliphatic heterocycles. The van der Waals surface area contributed by atoms with E-state index in [1.54, 1.807) is 6.08 Å². The van der Waals surface area contributed by atoms with Gasteiger partial charge in [-0.15, -0.1) is 0 Å². The van der Waals surface area contributed by atoms with E-state index in [2.05, 4.69) is 13.8 Å². The zero-order valence-corrected chi connectivity index (χ0v) is 16.0. The Bertz CT molecular complexity index is 528. The van der Waals surface area contributed by atoms with Crippen molar-refractivity contribution in [2.45, 2.75) is 83.8 Å². The maximum atomic E-state index is 11.8. The van der Waals surface area contributed by atoms with Crippen LogP contribution in [0.2, 0.25) is 0 Å². The minimum Gasteiger partial charge on any atom is -0.394 e. The molecule has 26 heavy (non-hydrogen) atoms. The molecule has 2 aliphatic rings. The molecule has 0 radical (unpaired) electrons. The number of hydrogen-bond acceptors (Lipinski definition) is 7. The van der Waals surface area contributed by atoms with E-state index < -0.39 is 37.3 Å². The van der Waals surface area contributed by atoms with Crippen LogP contribution in [0.3, 0.4) is 0 Å². The summed E-state index contributed by atoms with van der Waals surface area (Å²) in [6, 6.07) is 0. The van der Waals surface area contributed by atoms with Gasteiger partial charge in [0.1, 0.15) is 24.4 Å². The second kappa shape index (κ2) is 8.46. The summed E-state index contributed by atoms with van der Waals surface area (Å²) in [4.78, 5) is 11.8. The van der Waals surface area contributed by atoms with Gasteiger partial charge in [0.25, 0.3) is 0 Å². The van der Waals surface area contributed by atoms with E-state index in [0.29, 0.717) is 12.8 Å². The van der Waals surface area contributed by atoms with E-state index in [1.807, 2.05) is 13.8 Å². The fraction of sp³-hybridized carbons (Fsp3) is 0.842. The molecule has 0 unspecified atom stereocenters. The van der Waals surface area contributed by atoms with Crippen molar-refractivity contribution in [3.8, 4) is 0 Å². The Morgan fingerprint density at radius 1 is 1.27 bits per heavy atom. The molecule has 0 aromatic carbocycles. The predicted octanol–water partition coefficient (Wildman–Crippen LogP) is 0.533. The van der Waals surface area contributed by atoms with Gasteiger partial charge in [0.05, 0.1) is 12.7 Å². The van der Waals surface area contributed by atoms with Gasteiger partial charge < -0.3 is 29.9 Å². The number of ketones is 1. The zero-order valence-electron chi connectivity index (χ0n) is 16.0. The quantitative estimate of drug-likeness (QED) is 0.537. The third-order valence-electron chi connectivity index (χ3n) is 5.59. The molecule has 7 atom stereocenters. The van der Waals surface area contributed by atoms with Crippen molar-refractivity contribution in [2.75, 3.05) is 6.61 Å². The van der Waals surface area contributed by atoms with E-state index in [0.717, 1.165) is 12.0 Å². The summed E-state index contributed by atoms with van der Waals surface area (Å²) in [6.45, 7) is 7.53. The van der Waals surface area contributed by atoms with Gasteiger partial charge in [-0.1, -0.05) is 19.4 Å². The molecule has 1 aliphatic carbocycles. The number of rotatable bonds is 6. The topological polar surface area (TPSA) is 116 Å². The van der Waals surface area contributed by atoms with Crippen molar-refractivity contribution in [3.63, 3.8) is 0 Å². The third kappa shape index (κ3) is 4.71. The average molecular weight is 372 g/mol. The van der Waals surface area contributed by atoms with Crippen molar-refractivity contribution < 1.29 is 34.7 Å². The first kappa shape index (κ1) is 21.5. The number of hydrogen-bond donors (Lipinski definition) is 4. The molecule has 0 aromatic rings. The van der Waals surface area contributed by atoms with Gasteiger partial charge in [-0.05, 0) is 44.1 Å². The van der Waals surface area contributed by atoms with Crippen molar-refractivity contribution >= 4 is 5.78 Å². The van der Waals surface area contributed by atoms with Crippen LogP contribution in [-0.2, 0) is 14.3 Å². The maximum absolute atomic E-state index is 11.8. The number of carbonyl (C=O) groups excluding carboxylic acids is 1. The lowest BCUT2D eigenvalue weighted by molar-refractivity contribution is -0.310. The maximum Gasteiger partial charge on any atom is 0.186 e. The van der Waals surface area contributed by atoms with Crippen LogP contribution < -0.4 is 0 Å². The van der Waals surface area contributed by atoms with Crippen LogP contribution >= 0.6 is 0 Å². The van der Waals surface area contributed by atoms with Gasteiger partial charge in [0, 0.05) is 6.42 Å². The monoisotopic (exact) mass is 372 g/mol. The summed E-state index contributed by atoms with van der Waals surface area (Å²) in [5, 5.41) is 38.9. The smallest absolute Gasteiger partial charge is 0.186 e. The van der Waals surface area contributed by atoms with E-state index >= 15 is 0 Å². The molecule has 0 saturated carbocycles. The molecule has 2 rings (SSSR count). The summed E-state index contributed by atoms with van der Waals surface area (Å²) >= 11 is 0. The van der Waals surface area contributed by atoms with Crippen LogP contribution in [-0.4, -0.2) is 69.6 Å². The Morgan fingerprint density at radius 3 is 2.50 bits per heavy atom. The van der Waals surface area contributed by atoms with Gasteiger partial charge in [-0.2, -0.15) is 0 Å². The van der Waals surface area contributed by atoms with Crippen molar-refractivity contribution in [1.29, 1.82) is 0 Å². The summed E-state index contributed by atoms with van der Waals surface area (Å²) < 4.78 is 11.1. The van der Waals surface area contributed by atoms with Crippen LogP contribution in [0.25, 0.3) is 0 Å². The number of carbonyl (C=O) groups is 1. The second-order valence-electron chi connectivity index (χ2n) is 8.29. The second-order valence-corrected chi connectivity index (χ2v) is 8.29. The highest BCUT2D eigenvalue weighted by molar-refractivity contribution is 5.91. The van der Waals surface area contributed by atoms with Crippen molar-refractivity contribution in [3.05, 3.63) is 11.6 Å². The first-order chi connectivity index (χ1) is 12.1. The molecule has 7 heteroatoms. The summed E-state index contributed by atoms with van der Waals surface area (Å²) in [5.74, 6) is 0.426. The zero-order chi connectivity index (χ0) is 19.6. The third-order valence-corrected chi connectivity index (χ3v) is 5.59. The minimum atomic E-state index is -1.44. The van der Waals surface area contributed by atoms with Crippen molar-refractivity contribution in [1.82, 2.24) is 0 Å². The molecule has 1 saturated heterocycles. The number of aliphatic hydroxyl groups excluding tert-OH is 4. The molecule has 0 spiro atoms. The summed E-state index contributed by atoms with van der Waals surface area (Å²) in [6.07, 6.45) is -2.82. The van der Waals surface area contributed by atoms with Gasteiger partial charge in [-0.25, -0.2) is 0 Å². The molecule has 1 fully saturated rings. The van der Waals surface area contributed by atoms with E-state index in [9.17, 15) is 25.2 Å². The van der Waals surface area contributed by atoms with E-state index in [1.165, 1.54) is 0 Å². The van der Waals surface area contributed by atoms with Crippen LogP contribution in [0.15, 0.2) is 11.6 Å². The molecular weight excluding hydrogens is 340 g/mol. The number of allylic oxidation sites excluding steroid dienone is 2. The normalized spacial score (nSPS) is 38.8. The molecule has 0 bridgehead atoms. The van der Waals surface area contributed by atoms with E-state index in [-0.39, 0.29) is 23.2 Å². The largest absolute Gasteiger partial charge is 0.394 e. The number of ether oxygens (including phenoxy) is 2. The fourth-order valence-corrected chi connectivity index (χ4v) is 4.09. The first-order valence-corrected chi connectivity index (χ1v) is 9.23. The highest BCUT2D eigenvalue weighted by Gasteiger charge is 2.44. The van der Waals surface area contributed by atoms with Crippen LogP contribution in [0.1, 0.15) is 47.0 Å². The average Bonchev–Trinajstić information content (AvgIpc) is 2.53. The summed E-state index contributed by atoms with van der Waals surface area (Å²) in [5.41, 5.74) is 0.963. The number of aliphatic hydroxyl groups is 4. The Kier molecular flexibility index (Phi) is 6.98. The van der Waals surface area contributed by atoms with Crippen LogP contribution in [0, 0.1) is 11.3 Å². The Labute approximate surface area is 154 Å². The lowest BCUT2D eigenvalue weighted by Crippen LogP contribution is -2.59. The highest BCUT2D eigenvalue weighted by Crippen LogP contribution is 2.42. The highest BCUT2D eigenvalue weighted by atomic mass is 16.7. The van der Waals surface area contributed by atoms with Gasteiger partial charge in [-0.3, -0.25) is 4.79 Å². The molecule has 0 aromatic heterocycles. The Hall–Kier alpha value is -0.830. The molecule has 7 nitrogen and oxygen atoms in total. The van der Waals surface area contributed by atoms with Gasteiger partial charge >= 0.3 is 0 Å². The summed E-state index contributed by atoms with van der Waals surface area (Å²) in [7, 11) is 0. The molecular formula is C19H32O7. The van der Waals surface area contributed by atoms with Gasteiger partial charge in [0.15, 0.2) is 12.1 Å². The standard InChI is InChI=1S/C19H32O7/c1-10-7-12(21)8-19(3,4)13(10)6-5-11(2)25-18-17(24)16(23)15(22)14(9-20)26-18/h7,11,13-18,20,22-24H,5-6,8-9H2,1-4H3/t11-,13-,14+,15+,16-,17+,18+/m0/s1. The Morgan fingerprint density at radius 2 is 1.92 bits per heavy atom. The molecule has 1 heterocycles. The van der Waals surface area contributed by atoms with Gasteiger partial charge in [0.2, 0.25) is 0 Å². The SMILES string of the molecule is CC1=CC(=O)CC(C)(C)[C@H]1CC[C@H](C)O[C@@H]1O[C@H](CO)[C@@H](O)[C@H](O)[C@H]1O. The molecule has 0 amide bonds. The van der Waals surface area contributed by atoms with Crippen LogP contribution in [0.5, 0.6) is 0 Å². The minimum absolute atomic E-state index is 0.112. The lowest BCUT2D eigenvalue weighted by atomic mass is 9.66. The van der Waals surface area contributed by atoms with Crippen molar-refractivity contribution in [2.24, 2.45) is 11.3 Å². The first-order valence-electron chi connectivity index (χ1n) is 9.23. The predicted molar refractivity (Wildman–Crippen MR) is 94.2 cm³/mol. The Balaban J connectivity index is 1.93.